The molecule has 1 atom stereocenters. The molecule has 4 N–H and O–H groups in total. The number of benzene rings is 1. The van der Waals surface area contributed by atoms with Crippen LogP contribution in [0.5, 0.6) is 5.75 Å². The zero-order valence-corrected chi connectivity index (χ0v) is 10.5. The monoisotopic (exact) mass is 272 g/mol. The first kappa shape index (κ1) is 12.5. The molecule has 1 rings (SSSR count). The molecule has 0 unspecified atom stereocenters. The minimum atomic E-state index is -0.0611. The molecule has 4 heteroatoms. The van der Waals surface area contributed by atoms with Gasteiger partial charge in [0.1, 0.15) is 5.75 Å². The van der Waals surface area contributed by atoms with Crippen LogP contribution in [-0.2, 0) is 0 Å². The van der Waals surface area contributed by atoms with E-state index in [4.69, 9.17) is 16.2 Å². The fraction of sp³-hybridized carbons (Fsp3) is 0.455. The van der Waals surface area contributed by atoms with Crippen molar-refractivity contribution >= 4 is 15.9 Å². The fourth-order valence-electron chi connectivity index (χ4n) is 1.43. The van der Waals surface area contributed by atoms with E-state index in [1.165, 1.54) is 0 Å². The van der Waals surface area contributed by atoms with Crippen molar-refractivity contribution in [3.8, 4) is 5.75 Å². The van der Waals surface area contributed by atoms with E-state index in [0.717, 1.165) is 22.2 Å². The molecule has 0 amide bonds. The Morgan fingerprint density at radius 2 is 2.20 bits per heavy atom. The first-order valence-electron chi connectivity index (χ1n) is 5.07. The molecule has 0 radical (unpaired) electrons. The van der Waals surface area contributed by atoms with Crippen molar-refractivity contribution in [2.75, 3.05) is 13.2 Å². The first-order valence-corrected chi connectivity index (χ1v) is 5.86. The molecule has 0 spiro atoms. The van der Waals surface area contributed by atoms with Gasteiger partial charge in [-0.05, 0) is 38.1 Å². The highest BCUT2D eigenvalue weighted by atomic mass is 79.9. The molecular formula is C11H17BrN2O. The molecule has 0 saturated carbocycles. The zero-order chi connectivity index (χ0) is 11.3. The topological polar surface area (TPSA) is 61.3 Å². The van der Waals surface area contributed by atoms with Gasteiger partial charge in [-0.25, -0.2) is 0 Å². The van der Waals surface area contributed by atoms with Gasteiger partial charge in [-0.15, -0.1) is 0 Å². The van der Waals surface area contributed by atoms with Crippen LogP contribution in [0, 0.1) is 0 Å². The summed E-state index contributed by atoms with van der Waals surface area (Å²) in [6.07, 6.45) is 0.760. The van der Waals surface area contributed by atoms with E-state index in [-0.39, 0.29) is 6.04 Å². The molecule has 0 saturated heterocycles. The van der Waals surface area contributed by atoms with E-state index in [0.29, 0.717) is 13.2 Å². The number of hydrogen-bond donors (Lipinski definition) is 2. The molecule has 0 fully saturated rings. The van der Waals surface area contributed by atoms with Gasteiger partial charge in [0.2, 0.25) is 0 Å². The first-order chi connectivity index (χ1) is 7.19. The van der Waals surface area contributed by atoms with E-state index in [1.54, 1.807) is 0 Å². The van der Waals surface area contributed by atoms with Crippen molar-refractivity contribution in [2.45, 2.75) is 19.4 Å². The van der Waals surface area contributed by atoms with Crippen molar-refractivity contribution < 1.29 is 4.74 Å². The van der Waals surface area contributed by atoms with Gasteiger partial charge in [0, 0.05) is 16.1 Å². The van der Waals surface area contributed by atoms with Crippen LogP contribution in [-0.4, -0.2) is 13.2 Å². The van der Waals surface area contributed by atoms with Gasteiger partial charge < -0.3 is 16.2 Å². The van der Waals surface area contributed by atoms with Crippen LogP contribution in [0.1, 0.15) is 24.9 Å². The average Bonchev–Trinajstić information content (AvgIpc) is 2.21. The maximum absolute atomic E-state index is 6.02. The summed E-state index contributed by atoms with van der Waals surface area (Å²) >= 11 is 3.42. The van der Waals surface area contributed by atoms with Gasteiger partial charge in [0.25, 0.3) is 0 Å². The summed E-state index contributed by atoms with van der Waals surface area (Å²) in [7, 11) is 0. The van der Waals surface area contributed by atoms with Crippen molar-refractivity contribution in [2.24, 2.45) is 11.5 Å². The number of nitrogens with two attached hydrogens (primary N) is 2. The summed E-state index contributed by atoms with van der Waals surface area (Å²) in [6, 6.07) is 5.81. The molecule has 15 heavy (non-hydrogen) atoms. The zero-order valence-electron chi connectivity index (χ0n) is 8.87. The smallest absolute Gasteiger partial charge is 0.124 e. The predicted octanol–water partition coefficient (Wildman–Crippen LogP) is 2.20. The third-order valence-corrected chi connectivity index (χ3v) is 2.64. The van der Waals surface area contributed by atoms with Crippen molar-refractivity contribution in [1.82, 2.24) is 0 Å². The van der Waals surface area contributed by atoms with Crippen molar-refractivity contribution in [1.29, 1.82) is 0 Å². The van der Waals surface area contributed by atoms with Crippen LogP contribution in [0.15, 0.2) is 22.7 Å². The van der Waals surface area contributed by atoms with E-state index < -0.39 is 0 Å². The second kappa shape index (κ2) is 6.10. The lowest BCUT2D eigenvalue weighted by Gasteiger charge is -2.16. The largest absolute Gasteiger partial charge is 0.494 e. The maximum atomic E-state index is 6.02. The highest BCUT2D eigenvalue weighted by Crippen LogP contribution is 2.28. The summed E-state index contributed by atoms with van der Waals surface area (Å²) in [5.41, 5.74) is 12.5. The molecule has 1 aromatic carbocycles. The Morgan fingerprint density at radius 1 is 1.47 bits per heavy atom. The van der Waals surface area contributed by atoms with Crippen LogP contribution in [0.3, 0.4) is 0 Å². The summed E-state index contributed by atoms with van der Waals surface area (Å²) in [5, 5.41) is 0. The molecule has 0 aliphatic carbocycles. The standard InChI is InChI=1S/C11H17BrN2O/c1-2-15-11-4-3-8(12)7-9(11)10(14)5-6-13/h3-4,7,10H,2,5-6,13-14H2,1H3/t10-/m1/s1. The van der Waals surface area contributed by atoms with Gasteiger partial charge in [0.05, 0.1) is 6.61 Å². The molecule has 0 aromatic heterocycles. The van der Waals surface area contributed by atoms with Crippen LogP contribution in [0.2, 0.25) is 0 Å². The third kappa shape index (κ3) is 3.48. The van der Waals surface area contributed by atoms with Gasteiger partial charge in [-0.1, -0.05) is 15.9 Å². The fourth-order valence-corrected chi connectivity index (χ4v) is 1.81. The normalized spacial score (nSPS) is 12.5. The summed E-state index contributed by atoms with van der Waals surface area (Å²) in [6.45, 7) is 3.18. The van der Waals surface area contributed by atoms with Crippen LogP contribution in [0.4, 0.5) is 0 Å². The highest BCUT2D eigenvalue weighted by Gasteiger charge is 2.11. The van der Waals surface area contributed by atoms with E-state index in [9.17, 15) is 0 Å². The minimum Gasteiger partial charge on any atom is -0.494 e. The molecule has 84 valence electrons. The lowest BCUT2D eigenvalue weighted by atomic mass is 10.0. The Kier molecular flexibility index (Phi) is 5.08. The Labute approximate surface area is 98.9 Å². The Bertz CT molecular complexity index is 317. The SMILES string of the molecule is CCOc1ccc(Br)cc1[C@H](N)CCN. The third-order valence-electron chi connectivity index (χ3n) is 2.15. The lowest BCUT2D eigenvalue weighted by Crippen LogP contribution is -2.16. The predicted molar refractivity (Wildman–Crippen MR) is 65.9 cm³/mol. The van der Waals surface area contributed by atoms with Gasteiger partial charge in [-0.2, -0.15) is 0 Å². The molecule has 0 aliphatic rings. The summed E-state index contributed by atoms with van der Waals surface area (Å²) in [5.74, 6) is 0.849. The number of ether oxygens (including phenoxy) is 1. The quantitative estimate of drug-likeness (QED) is 0.864. The van der Waals surface area contributed by atoms with Crippen LogP contribution in [0.25, 0.3) is 0 Å². The average molecular weight is 273 g/mol. The van der Waals surface area contributed by atoms with E-state index in [1.807, 2.05) is 25.1 Å². The molecule has 0 aliphatic heterocycles. The van der Waals surface area contributed by atoms with Crippen LogP contribution >= 0.6 is 15.9 Å². The van der Waals surface area contributed by atoms with Crippen molar-refractivity contribution in [3.63, 3.8) is 0 Å². The Morgan fingerprint density at radius 3 is 2.80 bits per heavy atom. The van der Waals surface area contributed by atoms with Gasteiger partial charge in [-0.3, -0.25) is 0 Å². The molecule has 0 bridgehead atoms. The van der Waals surface area contributed by atoms with Gasteiger partial charge in [0.15, 0.2) is 0 Å². The van der Waals surface area contributed by atoms with E-state index >= 15 is 0 Å². The maximum Gasteiger partial charge on any atom is 0.124 e. The Balaban J connectivity index is 2.95. The number of halogens is 1. The summed E-state index contributed by atoms with van der Waals surface area (Å²) < 4.78 is 6.53. The Hall–Kier alpha value is -0.580. The van der Waals surface area contributed by atoms with Crippen molar-refractivity contribution in [3.05, 3.63) is 28.2 Å². The number of rotatable bonds is 5. The highest BCUT2D eigenvalue weighted by molar-refractivity contribution is 9.10. The number of hydrogen-bond acceptors (Lipinski definition) is 3. The minimum absolute atomic E-state index is 0.0611. The molecule has 1 aromatic rings. The van der Waals surface area contributed by atoms with E-state index in [2.05, 4.69) is 15.9 Å². The second-order valence-electron chi connectivity index (χ2n) is 3.30. The molecule has 0 heterocycles. The second-order valence-corrected chi connectivity index (χ2v) is 4.21. The van der Waals surface area contributed by atoms with Gasteiger partial charge >= 0.3 is 0 Å². The summed E-state index contributed by atoms with van der Waals surface area (Å²) in [4.78, 5) is 0. The lowest BCUT2D eigenvalue weighted by molar-refractivity contribution is 0.333. The molecular weight excluding hydrogens is 256 g/mol. The molecule has 3 nitrogen and oxygen atoms in total. The van der Waals surface area contributed by atoms with Crippen LogP contribution < -0.4 is 16.2 Å².